The zero-order chi connectivity index (χ0) is 34.3. The lowest BCUT2D eigenvalue weighted by molar-refractivity contribution is -0.147. The quantitative estimate of drug-likeness (QED) is 0.247. The summed E-state index contributed by atoms with van der Waals surface area (Å²) in [6.07, 6.45) is 2.55. The van der Waals surface area contributed by atoms with E-state index in [9.17, 15) is 32.4 Å². The Morgan fingerprint density at radius 2 is 1.61 bits per heavy atom. The largest absolute Gasteiger partial charge is 0.363 e. The molecule has 0 radical (unpaired) electrons. The van der Waals surface area contributed by atoms with Crippen LogP contribution in [0, 0.1) is 28.1 Å². The number of carbonyl (C=O) groups excluding carboxylic acids is 5. The van der Waals surface area contributed by atoms with Gasteiger partial charge in [-0.15, -0.1) is 0 Å². The number of hydrogen-bond acceptors (Lipinski definition) is 7. The zero-order valence-electron chi connectivity index (χ0n) is 27.7. The van der Waals surface area contributed by atoms with Crippen molar-refractivity contribution in [2.75, 3.05) is 12.3 Å². The number of benzene rings is 1. The summed E-state index contributed by atoms with van der Waals surface area (Å²) in [5.41, 5.74) is 1.45. The maximum Gasteiger partial charge on any atom is 0.315 e. The number of Topliss-reactive ketones (excluding diaryl/α,β-unsaturated/α-hetero) is 1. The van der Waals surface area contributed by atoms with Gasteiger partial charge in [0.25, 0.3) is 5.91 Å². The summed E-state index contributed by atoms with van der Waals surface area (Å²) in [6, 6.07) is 5.13. The van der Waals surface area contributed by atoms with Gasteiger partial charge in [-0.05, 0) is 61.5 Å². The van der Waals surface area contributed by atoms with Crippen LogP contribution < -0.4 is 21.7 Å². The summed E-state index contributed by atoms with van der Waals surface area (Å²) in [7, 11) is -3.72. The van der Waals surface area contributed by atoms with Gasteiger partial charge in [-0.3, -0.25) is 19.2 Å². The Kier molecular flexibility index (Phi) is 7.94. The number of nitrogens with one attached hydrogen (secondary N) is 3. The van der Waals surface area contributed by atoms with Crippen LogP contribution in [-0.2, 0) is 29.0 Å². The second kappa shape index (κ2) is 10.8. The molecule has 1 aliphatic heterocycles. The first kappa shape index (κ1) is 33.9. The Morgan fingerprint density at radius 3 is 2.13 bits per heavy atom. The lowest BCUT2D eigenvalue weighted by atomic mass is 9.85. The van der Waals surface area contributed by atoms with Crippen molar-refractivity contribution in [3.05, 3.63) is 30.3 Å². The van der Waals surface area contributed by atoms with Crippen LogP contribution in [0.3, 0.4) is 0 Å². The second-order valence-electron chi connectivity index (χ2n) is 16.0. The van der Waals surface area contributed by atoms with Crippen molar-refractivity contribution in [3.8, 4) is 0 Å². The lowest BCUT2D eigenvalue weighted by Gasteiger charge is -2.39. The Hall–Kier alpha value is -3.48. The smallest absolute Gasteiger partial charge is 0.315 e. The van der Waals surface area contributed by atoms with Gasteiger partial charge in [0.05, 0.1) is 22.2 Å². The van der Waals surface area contributed by atoms with Crippen molar-refractivity contribution in [3.63, 3.8) is 0 Å². The van der Waals surface area contributed by atoms with Crippen molar-refractivity contribution in [2.45, 2.75) is 102 Å². The Labute approximate surface area is 270 Å². The van der Waals surface area contributed by atoms with Gasteiger partial charge in [-0.25, -0.2) is 13.2 Å². The topological polar surface area (TPSA) is 185 Å². The third-order valence-corrected chi connectivity index (χ3v) is 12.9. The van der Waals surface area contributed by atoms with E-state index in [2.05, 4.69) is 29.8 Å². The number of sulfone groups is 1. The van der Waals surface area contributed by atoms with Crippen LogP contribution in [0.15, 0.2) is 35.2 Å². The minimum atomic E-state index is -3.72. The molecule has 5 atom stereocenters. The minimum absolute atomic E-state index is 0.0556. The first-order valence-electron chi connectivity index (χ1n) is 15.9. The number of hydrogen-bond donors (Lipinski definition) is 4. The number of carbonyl (C=O) groups is 5. The number of piperidine rings is 2. The van der Waals surface area contributed by atoms with Crippen LogP contribution in [0.25, 0.3) is 0 Å². The fourth-order valence-corrected chi connectivity index (χ4v) is 9.87. The van der Waals surface area contributed by atoms with E-state index in [0.29, 0.717) is 19.4 Å². The predicted molar refractivity (Wildman–Crippen MR) is 170 cm³/mol. The van der Waals surface area contributed by atoms with E-state index in [1.54, 1.807) is 57.7 Å². The molecule has 12 nitrogen and oxygen atoms in total. The highest BCUT2D eigenvalue weighted by atomic mass is 32.2. The van der Waals surface area contributed by atoms with Gasteiger partial charge < -0.3 is 26.6 Å². The fraction of sp³-hybridized carbons (Fsp3) is 0.667. The Bertz CT molecular complexity index is 1580. The molecular weight excluding hydrogens is 610 g/mol. The molecule has 5 N–H and O–H groups in total. The molecule has 3 saturated carbocycles. The maximum atomic E-state index is 14.4. The summed E-state index contributed by atoms with van der Waals surface area (Å²) < 4.78 is 26.0. The number of likely N-dealkylation sites (tertiary alicyclic amines) is 1. The number of amides is 5. The van der Waals surface area contributed by atoms with Crippen LogP contribution in [0.5, 0.6) is 0 Å². The molecule has 0 bridgehead atoms. The standard InChI is InChI=1S/C33H47N5O7S/c1-29(2,3)24(36-28(43)37-30(4,5)18-46(44,45)20-11-9-8-10-12-20)26(41)38-16-22-31(6,7)32(22)17-33(32,38)27(42)35-21(15-19-13-14-19)23(39)25(34)40/h8-12,19,21-22,24H,13-18H2,1-7H3,(H2,34,40)(H,35,42)(H2,36,37,43)/t21?,22?,24-,32?,33?/m1/s1. The summed E-state index contributed by atoms with van der Waals surface area (Å²) in [5.74, 6) is -2.96. The van der Waals surface area contributed by atoms with E-state index in [1.807, 2.05) is 0 Å². The van der Waals surface area contributed by atoms with Crippen LogP contribution in [-0.4, -0.2) is 78.3 Å². The summed E-state index contributed by atoms with van der Waals surface area (Å²) in [4.78, 5) is 68.1. The van der Waals surface area contributed by atoms with Gasteiger partial charge in [0.15, 0.2) is 9.84 Å². The average Bonchev–Trinajstić information content (AvgIpc) is 3.88. The highest BCUT2D eigenvalue weighted by Gasteiger charge is 2.98. The Morgan fingerprint density at radius 1 is 1.00 bits per heavy atom. The summed E-state index contributed by atoms with van der Waals surface area (Å²) in [6.45, 7) is 13.0. The molecular formula is C33H47N5O7S. The molecule has 3 aliphatic carbocycles. The molecule has 1 aromatic rings. The fourth-order valence-electron chi connectivity index (χ4n) is 8.11. The molecule has 1 heterocycles. The van der Waals surface area contributed by atoms with Crippen molar-refractivity contribution in [1.29, 1.82) is 0 Å². The third kappa shape index (κ3) is 5.58. The number of urea groups is 1. The lowest BCUT2D eigenvalue weighted by Crippen LogP contribution is -2.64. The normalized spacial score (nSPS) is 27.4. The molecule has 46 heavy (non-hydrogen) atoms. The molecule has 4 fully saturated rings. The molecule has 1 spiro atoms. The molecule has 5 amide bonds. The van der Waals surface area contributed by atoms with Crippen molar-refractivity contribution >= 4 is 39.4 Å². The molecule has 13 heteroatoms. The average molecular weight is 658 g/mol. The number of rotatable bonds is 12. The van der Waals surface area contributed by atoms with Crippen LogP contribution >= 0.6 is 0 Å². The second-order valence-corrected chi connectivity index (χ2v) is 18.0. The number of ketones is 1. The molecule has 1 saturated heterocycles. The van der Waals surface area contributed by atoms with Gasteiger partial charge >= 0.3 is 6.03 Å². The third-order valence-electron chi connectivity index (χ3n) is 10.8. The SMILES string of the molecule is CC(C)(CS(=O)(=O)c1ccccc1)NC(=O)N[C@H](C(=O)N1CC2C(C)(C)C23CC13C(=O)NC(CC1CC1)C(=O)C(N)=O)C(C)(C)C. The first-order chi connectivity index (χ1) is 21.1. The predicted octanol–water partition coefficient (Wildman–Crippen LogP) is 1.92. The Balaban J connectivity index is 1.35. The van der Waals surface area contributed by atoms with Gasteiger partial charge in [-0.1, -0.05) is 65.7 Å². The van der Waals surface area contributed by atoms with E-state index in [4.69, 9.17) is 5.73 Å². The molecule has 4 aliphatic rings. The highest BCUT2D eigenvalue weighted by Crippen LogP contribution is 2.91. The highest BCUT2D eigenvalue weighted by molar-refractivity contribution is 7.91. The minimum Gasteiger partial charge on any atom is -0.363 e. The van der Waals surface area contributed by atoms with Crippen LogP contribution in [0.1, 0.15) is 74.1 Å². The number of primary amides is 1. The number of nitrogens with two attached hydrogens (primary N) is 1. The van der Waals surface area contributed by atoms with Gasteiger partial charge in [-0.2, -0.15) is 0 Å². The molecule has 5 rings (SSSR count). The molecule has 0 aromatic heterocycles. The van der Waals surface area contributed by atoms with Gasteiger partial charge in [0.2, 0.25) is 17.6 Å². The molecule has 4 unspecified atom stereocenters. The van der Waals surface area contributed by atoms with E-state index in [-0.39, 0.29) is 27.9 Å². The van der Waals surface area contributed by atoms with Crippen LogP contribution in [0.2, 0.25) is 0 Å². The van der Waals surface area contributed by atoms with Crippen molar-refractivity contribution in [2.24, 2.45) is 33.8 Å². The zero-order valence-corrected chi connectivity index (χ0v) is 28.5. The van der Waals surface area contributed by atoms with E-state index in [1.165, 1.54) is 12.1 Å². The van der Waals surface area contributed by atoms with Crippen molar-refractivity contribution < 1.29 is 32.4 Å². The van der Waals surface area contributed by atoms with Gasteiger partial charge in [0.1, 0.15) is 11.6 Å². The molecule has 252 valence electrons. The summed E-state index contributed by atoms with van der Waals surface area (Å²) >= 11 is 0. The number of nitrogens with zero attached hydrogens (tertiary/aromatic N) is 1. The first-order valence-corrected chi connectivity index (χ1v) is 17.6. The summed E-state index contributed by atoms with van der Waals surface area (Å²) in [5, 5.41) is 8.32. The van der Waals surface area contributed by atoms with E-state index in [0.717, 1.165) is 12.8 Å². The van der Waals surface area contributed by atoms with E-state index >= 15 is 0 Å². The van der Waals surface area contributed by atoms with Crippen molar-refractivity contribution in [1.82, 2.24) is 20.9 Å². The van der Waals surface area contributed by atoms with E-state index < -0.39 is 73.4 Å². The monoisotopic (exact) mass is 657 g/mol. The van der Waals surface area contributed by atoms with Crippen LogP contribution in [0.4, 0.5) is 4.79 Å². The maximum absolute atomic E-state index is 14.4. The van der Waals surface area contributed by atoms with Gasteiger partial charge in [0, 0.05) is 12.0 Å². The molecule has 1 aromatic carbocycles.